The maximum absolute atomic E-state index is 10.4. The maximum Gasteiger partial charge on any atom is 0.354 e. The van der Waals surface area contributed by atoms with E-state index in [1.54, 1.807) is 0 Å². The molecule has 0 radical (unpaired) electrons. The number of anilines is 1. The molecule has 1 heterocycles. The standard InChI is InChI=1S/C8H6N2O2/c1-2-5-3-6(8(11)12)10-7(9)4-5/h1,3-4H,(H2,9,10)(H,11,12). The van der Waals surface area contributed by atoms with E-state index in [0.29, 0.717) is 5.56 Å². The number of carboxylic acids is 1. The minimum atomic E-state index is -1.14. The van der Waals surface area contributed by atoms with Crippen LogP contribution >= 0.6 is 0 Å². The largest absolute Gasteiger partial charge is 0.477 e. The van der Waals surface area contributed by atoms with Crippen LogP contribution in [0.25, 0.3) is 0 Å². The second-order valence-corrected chi connectivity index (χ2v) is 2.12. The minimum absolute atomic E-state index is 0.114. The number of aromatic carboxylic acids is 1. The predicted molar refractivity (Wildman–Crippen MR) is 43.5 cm³/mol. The van der Waals surface area contributed by atoms with Crippen molar-refractivity contribution >= 4 is 11.8 Å². The van der Waals surface area contributed by atoms with Gasteiger partial charge in [0.15, 0.2) is 5.69 Å². The highest BCUT2D eigenvalue weighted by Crippen LogP contribution is 2.06. The molecule has 1 rings (SSSR count). The summed E-state index contributed by atoms with van der Waals surface area (Å²) in [5.74, 6) is 1.25. The SMILES string of the molecule is C#Cc1cc(N)nc(C(=O)O)c1. The van der Waals surface area contributed by atoms with Gasteiger partial charge in [-0.25, -0.2) is 9.78 Å². The zero-order chi connectivity index (χ0) is 9.14. The number of carbonyl (C=O) groups is 1. The fraction of sp³-hybridized carbons (Fsp3) is 0. The number of carboxylic acid groups (broad SMARTS) is 1. The molecule has 0 saturated heterocycles. The van der Waals surface area contributed by atoms with Crippen molar-refractivity contribution in [3.05, 3.63) is 23.4 Å². The summed E-state index contributed by atoms with van der Waals surface area (Å²) in [5, 5.41) is 8.54. The molecule has 4 heteroatoms. The number of terminal acetylenes is 1. The molecule has 12 heavy (non-hydrogen) atoms. The van der Waals surface area contributed by atoms with Crippen molar-refractivity contribution in [3.8, 4) is 12.3 Å². The Bertz CT molecular complexity index is 366. The fourth-order valence-corrected chi connectivity index (χ4v) is 0.745. The average molecular weight is 162 g/mol. The highest BCUT2D eigenvalue weighted by atomic mass is 16.4. The van der Waals surface area contributed by atoms with Crippen molar-refractivity contribution in [2.45, 2.75) is 0 Å². The summed E-state index contributed by atoms with van der Waals surface area (Å²) in [5.41, 5.74) is 5.58. The molecule has 1 aromatic rings. The van der Waals surface area contributed by atoms with E-state index in [4.69, 9.17) is 17.3 Å². The third-order valence-electron chi connectivity index (χ3n) is 1.23. The van der Waals surface area contributed by atoms with Gasteiger partial charge in [-0.1, -0.05) is 5.92 Å². The van der Waals surface area contributed by atoms with Gasteiger partial charge in [-0.3, -0.25) is 0 Å². The van der Waals surface area contributed by atoms with Crippen molar-refractivity contribution in [2.75, 3.05) is 5.73 Å². The Kier molecular flexibility index (Phi) is 1.97. The van der Waals surface area contributed by atoms with Crippen molar-refractivity contribution in [3.63, 3.8) is 0 Å². The minimum Gasteiger partial charge on any atom is -0.477 e. The number of aromatic nitrogens is 1. The van der Waals surface area contributed by atoms with Crippen LogP contribution in [-0.4, -0.2) is 16.1 Å². The van der Waals surface area contributed by atoms with Crippen LogP contribution < -0.4 is 5.73 Å². The molecule has 3 N–H and O–H groups in total. The van der Waals surface area contributed by atoms with E-state index >= 15 is 0 Å². The number of hydrogen-bond acceptors (Lipinski definition) is 3. The number of nitrogen functional groups attached to an aromatic ring is 1. The first kappa shape index (κ1) is 8.08. The molecule has 0 fully saturated rings. The van der Waals surface area contributed by atoms with Crippen molar-refractivity contribution in [1.82, 2.24) is 4.98 Å². The molecular weight excluding hydrogens is 156 g/mol. The summed E-state index contributed by atoms with van der Waals surface area (Å²) in [6.07, 6.45) is 5.06. The second-order valence-electron chi connectivity index (χ2n) is 2.12. The molecule has 4 nitrogen and oxygen atoms in total. The summed E-state index contributed by atoms with van der Waals surface area (Å²) in [6, 6.07) is 2.73. The van der Waals surface area contributed by atoms with Crippen LogP contribution in [0.15, 0.2) is 12.1 Å². The molecule has 0 aliphatic rings. The number of rotatable bonds is 1. The molecule has 0 bridgehead atoms. The molecule has 1 aromatic heterocycles. The molecule has 0 saturated carbocycles. The Morgan fingerprint density at radius 1 is 1.67 bits per heavy atom. The summed E-state index contributed by atoms with van der Waals surface area (Å²) in [4.78, 5) is 14.0. The molecule has 0 spiro atoms. The van der Waals surface area contributed by atoms with Gasteiger partial charge in [0.1, 0.15) is 5.82 Å². The molecule has 60 valence electrons. The second kappa shape index (κ2) is 2.93. The number of pyridine rings is 1. The van der Waals surface area contributed by atoms with Gasteiger partial charge in [0.05, 0.1) is 0 Å². The first-order chi connectivity index (χ1) is 5.63. The Morgan fingerprint density at radius 2 is 2.33 bits per heavy atom. The maximum atomic E-state index is 10.4. The van der Waals surface area contributed by atoms with Crippen LogP contribution in [0.3, 0.4) is 0 Å². The van der Waals surface area contributed by atoms with Gasteiger partial charge in [0.25, 0.3) is 0 Å². The fourth-order valence-electron chi connectivity index (χ4n) is 0.745. The van der Waals surface area contributed by atoms with Crippen LogP contribution in [0.5, 0.6) is 0 Å². The van der Waals surface area contributed by atoms with E-state index in [9.17, 15) is 4.79 Å². The number of hydrogen-bond donors (Lipinski definition) is 2. The lowest BCUT2D eigenvalue weighted by molar-refractivity contribution is 0.0690. The van der Waals surface area contributed by atoms with Gasteiger partial charge in [0.2, 0.25) is 0 Å². The molecule has 0 aromatic carbocycles. The van der Waals surface area contributed by atoms with Gasteiger partial charge >= 0.3 is 5.97 Å². The lowest BCUT2D eigenvalue weighted by atomic mass is 10.2. The molecule has 0 atom stereocenters. The highest BCUT2D eigenvalue weighted by molar-refractivity contribution is 5.86. The summed E-state index contributed by atoms with van der Waals surface area (Å²) < 4.78 is 0. The summed E-state index contributed by atoms with van der Waals surface area (Å²) in [6.45, 7) is 0. The van der Waals surface area contributed by atoms with Gasteiger partial charge in [0, 0.05) is 5.56 Å². The van der Waals surface area contributed by atoms with E-state index in [2.05, 4.69) is 10.9 Å². The molecule has 0 aliphatic heterocycles. The Balaban J connectivity index is 3.26. The van der Waals surface area contributed by atoms with Crippen LogP contribution in [0.1, 0.15) is 16.1 Å². The Labute approximate surface area is 69.0 Å². The first-order valence-electron chi connectivity index (χ1n) is 3.11. The zero-order valence-electron chi connectivity index (χ0n) is 6.11. The Morgan fingerprint density at radius 3 is 2.83 bits per heavy atom. The Hall–Kier alpha value is -2.02. The lowest BCUT2D eigenvalue weighted by Crippen LogP contribution is -2.03. The summed E-state index contributed by atoms with van der Waals surface area (Å²) >= 11 is 0. The monoisotopic (exact) mass is 162 g/mol. The van der Waals surface area contributed by atoms with Crippen molar-refractivity contribution < 1.29 is 9.90 Å². The predicted octanol–water partition coefficient (Wildman–Crippen LogP) is 0.343. The third-order valence-corrected chi connectivity index (χ3v) is 1.23. The molecule has 0 amide bonds. The van der Waals surface area contributed by atoms with Crippen LogP contribution in [-0.2, 0) is 0 Å². The highest BCUT2D eigenvalue weighted by Gasteiger charge is 2.05. The molecular formula is C8H6N2O2. The summed E-state index contributed by atoms with van der Waals surface area (Å²) in [7, 11) is 0. The topological polar surface area (TPSA) is 76.2 Å². The zero-order valence-corrected chi connectivity index (χ0v) is 6.11. The van der Waals surface area contributed by atoms with E-state index in [1.165, 1.54) is 12.1 Å². The normalized spacial score (nSPS) is 8.92. The van der Waals surface area contributed by atoms with Gasteiger partial charge in [-0.2, -0.15) is 0 Å². The average Bonchev–Trinajstić information content (AvgIpc) is 2.03. The lowest BCUT2D eigenvalue weighted by Gasteiger charge is -1.97. The smallest absolute Gasteiger partial charge is 0.354 e. The first-order valence-corrected chi connectivity index (χ1v) is 3.11. The number of nitrogens with zero attached hydrogens (tertiary/aromatic N) is 1. The van der Waals surface area contributed by atoms with E-state index in [-0.39, 0.29) is 11.5 Å². The van der Waals surface area contributed by atoms with Crippen LogP contribution in [0.4, 0.5) is 5.82 Å². The van der Waals surface area contributed by atoms with E-state index < -0.39 is 5.97 Å². The number of nitrogens with two attached hydrogens (primary N) is 1. The quantitative estimate of drug-likeness (QED) is 0.584. The third kappa shape index (κ3) is 1.52. The van der Waals surface area contributed by atoms with Gasteiger partial charge < -0.3 is 10.8 Å². The van der Waals surface area contributed by atoms with Gasteiger partial charge in [-0.05, 0) is 12.1 Å². The van der Waals surface area contributed by atoms with E-state index in [0.717, 1.165) is 0 Å². The van der Waals surface area contributed by atoms with E-state index in [1.807, 2.05) is 0 Å². The van der Waals surface area contributed by atoms with Crippen molar-refractivity contribution in [1.29, 1.82) is 0 Å². The van der Waals surface area contributed by atoms with Gasteiger partial charge in [-0.15, -0.1) is 6.42 Å². The molecule has 0 aliphatic carbocycles. The van der Waals surface area contributed by atoms with Crippen molar-refractivity contribution in [2.24, 2.45) is 0 Å². The van der Waals surface area contributed by atoms with Crippen LogP contribution in [0.2, 0.25) is 0 Å². The molecule has 0 unspecified atom stereocenters. The van der Waals surface area contributed by atoms with Crippen LogP contribution in [0, 0.1) is 12.3 Å².